The number of hydrogen-bond acceptors (Lipinski definition) is 3. The molecule has 0 N–H and O–H groups in total. The van der Waals surface area contributed by atoms with Crippen molar-refractivity contribution in [3.05, 3.63) is 47.5 Å². The Hall–Kier alpha value is -2.17. The Balaban J connectivity index is 2.18. The van der Waals surface area contributed by atoms with Crippen LogP contribution in [0.4, 0.5) is 4.39 Å². The Labute approximate surface area is 104 Å². The van der Waals surface area contributed by atoms with E-state index in [2.05, 4.69) is 5.10 Å². The molecule has 0 bridgehead atoms. The van der Waals surface area contributed by atoms with Crippen LogP contribution in [-0.4, -0.2) is 22.7 Å². The SMILES string of the molecule is COc1cc(C(=O)Cc2cnn(C)c2)ccc1F. The van der Waals surface area contributed by atoms with E-state index in [-0.39, 0.29) is 18.0 Å². The zero-order valence-electron chi connectivity index (χ0n) is 10.2. The molecule has 0 fully saturated rings. The molecule has 94 valence electrons. The Kier molecular flexibility index (Phi) is 3.41. The molecule has 0 saturated heterocycles. The molecule has 0 spiro atoms. The van der Waals surface area contributed by atoms with Gasteiger partial charge in [0.15, 0.2) is 17.3 Å². The summed E-state index contributed by atoms with van der Waals surface area (Å²) in [5.41, 5.74) is 1.25. The van der Waals surface area contributed by atoms with E-state index in [1.54, 1.807) is 24.1 Å². The Morgan fingerprint density at radius 3 is 2.89 bits per heavy atom. The highest BCUT2D eigenvalue weighted by molar-refractivity contribution is 5.97. The molecule has 4 nitrogen and oxygen atoms in total. The van der Waals surface area contributed by atoms with E-state index in [0.717, 1.165) is 5.56 Å². The van der Waals surface area contributed by atoms with Crippen molar-refractivity contribution in [2.45, 2.75) is 6.42 Å². The van der Waals surface area contributed by atoms with Crippen LogP contribution in [0.15, 0.2) is 30.6 Å². The van der Waals surface area contributed by atoms with Gasteiger partial charge in [-0.15, -0.1) is 0 Å². The third-order valence-electron chi connectivity index (χ3n) is 2.60. The van der Waals surface area contributed by atoms with Gasteiger partial charge in [-0.1, -0.05) is 0 Å². The van der Waals surface area contributed by atoms with Crippen LogP contribution in [0.5, 0.6) is 5.75 Å². The number of methoxy groups -OCH3 is 1. The summed E-state index contributed by atoms with van der Waals surface area (Å²) in [7, 11) is 3.16. The summed E-state index contributed by atoms with van der Waals surface area (Å²) in [6.45, 7) is 0. The average Bonchev–Trinajstić information content (AvgIpc) is 2.75. The topological polar surface area (TPSA) is 44.1 Å². The first-order valence-corrected chi connectivity index (χ1v) is 5.44. The maximum atomic E-state index is 13.2. The maximum Gasteiger partial charge on any atom is 0.167 e. The molecular formula is C13H13FN2O2. The Morgan fingerprint density at radius 2 is 2.28 bits per heavy atom. The number of nitrogens with zero attached hydrogens (tertiary/aromatic N) is 2. The quantitative estimate of drug-likeness (QED) is 0.777. The molecule has 1 aromatic heterocycles. The smallest absolute Gasteiger partial charge is 0.167 e. The molecule has 5 heteroatoms. The molecular weight excluding hydrogens is 235 g/mol. The summed E-state index contributed by atoms with van der Waals surface area (Å²) in [5.74, 6) is -0.497. The summed E-state index contributed by atoms with van der Waals surface area (Å²) < 4.78 is 19.7. The minimum absolute atomic E-state index is 0.0760. The Morgan fingerprint density at radius 1 is 1.50 bits per heavy atom. The molecule has 1 heterocycles. The van der Waals surface area contributed by atoms with Gasteiger partial charge in [-0.3, -0.25) is 9.48 Å². The predicted octanol–water partition coefficient (Wildman–Crippen LogP) is 1.99. The minimum atomic E-state index is -0.476. The van der Waals surface area contributed by atoms with Gasteiger partial charge >= 0.3 is 0 Å². The van der Waals surface area contributed by atoms with E-state index in [4.69, 9.17) is 4.74 Å². The molecule has 0 atom stereocenters. The van der Waals surface area contributed by atoms with Crippen LogP contribution in [0.3, 0.4) is 0 Å². The molecule has 2 rings (SSSR count). The van der Waals surface area contributed by atoms with E-state index >= 15 is 0 Å². The number of carbonyl (C=O) groups is 1. The number of aromatic nitrogens is 2. The van der Waals surface area contributed by atoms with Crippen molar-refractivity contribution in [2.24, 2.45) is 7.05 Å². The van der Waals surface area contributed by atoms with E-state index in [0.29, 0.717) is 5.56 Å². The molecule has 0 aliphatic rings. The first kappa shape index (κ1) is 12.3. The molecule has 0 unspecified atom stereocenters. The lowest BCUT2D eigenvalue weighted by Crippen LogP contribution is -2.04. The number of ketones is 1. The Bertz CT molecular complexity index is 578. The summed E-state index contributed by atoms with van der Waals surface area (Å²) in [5, 5.41) is 3.99. The van der Waals surface area contributed by atoms with Crippen LogP contribution in [0.25, 0.3) is 0 Å². The van der Waals surface area contributed by atoms with E-state index in [1.807, 2.05) is 0 Å². The van der Waals surface area contributed by atoms with Crippen molar-refractivity contribution in [1.29, 1.82) is 0 Å². The number of halogens is 1. The molecule has 0 saturated carbocycles. The number of rotatable bonds is 4. The monoisotopic (exact) mass is 248 g/mol. The number of aryl methyl sites for hydroxylation is 1. The van der Waals surface area contributed by atoms with Crippen molar-refractivity contribution >= 4 is 5.78 Å². The standard InChI is InChI=1S/C13H13FN2O2/c1-16-8-9(7-15-16)5-12(17)10-3-4-11(14)13(6-10)18-2/h3-4,6-8H,5H2,1-2H3. The normalized spacial score (nSPS) is 10.4. The van der Waals surface area contributed by atoms with Crippen LogP contribution >= 0.6 is 0 Å². The lowest BCUT2D eigenvalue weighted by atomic mass is 10.1. The van der Waals surface area contributed by atoms with Gasteiger partial charge < -0.3 is 4.74 Å². The number of hydrogen-bond donors (Lipinski definition) is 0. The molecule has 18 heavy (non-hydrogen) atoms. The molecule has 0 amide bonds. The fourth-order valence-electron chi connectivity index (χ4n) is 1.68. The second kappa shape index (κ2) is 5.00. The van der Waals surface area contributed by atoms with Crippen LogP contribution in [-0.2, 0) is 13.5 Å². The number of Topliss-reactive ketones (excluding diaryl/α,β-unsaturated/α-hetero) is 1. The highest BCUT2D eigenvalue weighted by atomic mass is 19.1. The number of benzene rings is 1. The predicted molar refractivity (Wildman–Crippen MR) is 64.2 cm³/mol. The third-order valence-corrected chi connectivity index (χ3v) is 2.60. The van der Waals surface area contributed by atoms with Crippen LogP contribution in [0.1, 0.15) is 15.9 Å². The lowest BCUT2D eigenvalue weighted by molar-refractivity contribution is 0.0992. The van der Waals surface area contributed by atoms with Gasteiger partial charge in [-0.05, 0) is 23.8 Å². The summed E-state index contributed by atoms with van der Waals surface area (Å²) in [6.07, 6.45) is 3.65. The van der Waals surface area contributed by atoms with Gasteiger partial charge in [0.25, 0.3) is 0 Å². The lowest BCUT2D eigenvalue weighted by Gasteiger charge is -2.04. The van der Waals surface area contributed by atoms with Crippen molar-refractivity contribution in [1.82, 2.24) is 9.78 Å². The van der Waals surface area contributed by atoms with Gasteiger partial charge in [-0.2, -0.15) is 5.10 Å². The van der Waals surface area contributed by atoms with Crippen LogP contribution < -0.4 is 4.74 Å². The second-order valence-corrected chi connectivity index (χ2v) is 3.97. The van der Waals surface area contributed by atoms with E-state index in [9.17, 15) is 9.18 Å². The number of carbonyl (C=O) groups excluding carboxylic acids is 1. The third kappa shape index (κ3) is 2.56. The highest BCUT2D eigenvalue weighted by Crippen LogP contribution is 2.19. The molecule has 2 aromatic rings. The van der Waals surface area contributed by atoms with Crippen molar-refractivity contribution < 1.29 is 13.9 Å². The van der Waals surface area contributed by atoms with Crippen LogP contribution in [0, 0.1) is 5.82 Å². The average molecular weight is 248 g/mol. The number of ether oxygens (including phenoxy) is 1. The fourth-order valence-corrected chi connectivity index (χ4v) is 1.68. The highest BCUT2D eigenvalue weighted by Gasteiger charge is 2.11. The van der Waals surface area contributed by atoms with Gasteiger partial charge in [0.2, 0.25) is 0 Å². The van der Waals surface area contributed by atoms with Crippen LogP contribution in [0.2, 0.25) is 0 Å². The van der Waals surface area contributed by atoms with Crippen molar-refractivity contribution in [2.75, 3.05) is 7.11 Å². The second-order valence-electron chi connectivity index (χ2n) is 3.97. The largest absolute Gasteiger partial charge is 0.494 e. The molecule has 0 aliphatic heterocycles. The zero-order valence-corrected chi connectivity index (χ0v) is 10.2. The van der Waals surface area contributed by atoms with Gasteiger partial charge in [0, 0.05) is 25.2 Å². The van der Waals surface area contributed by atoms with Gasteiger partial charge in [-0.25, -0.2) is 4.39 Å². The fraction of sp³-hybridized carbons (Fsp3) is 0.231. The van der Waals surface area contributed by atoms with Crippen molar-refractivity contribution in [3.63, 3.8) is 0 Å². The van der Waals surface area contributed by atoms with Gasteiger partial charge in [0.05, 0.1) is 13.3 Å². The summed E-state index contributed by atoms with van der Waals surface area (Å²) in [6, 6.07) is 4.10. The zero-order chi connectivity index (χ0) is 13.1. The minimum Gasteiger partial charge on any atom is -0.494 e. The van der Waals surface area contributed by atoms with Gasteiger partial charge in [0.1, 0.15) is 0 Å². The van der Waals surface area contributed by atoms with Crippen molar-refractivity contribution in [3.8, 4) is 5.75 Å². The molecule has 1 aromatic carbocycles. The summed E-state index contributed by atoms with van der Waals surface area (Å²) >= 11 is 0. The first-order chi connectivity index (χ1) is 8.60. The van der Waals surface area contributed by atoms with E-state index < -0.39 is 5.82 Å². The molecule has 0 aliphatic carbocycles. The summed E-state index contributed by atoms with van der Waals surface area (Å²) in [4.78, 5) is 12.0. The maximum absolute atomic E-state index is 13.2. The van der Waals surface area contributed by atoms with E-state index in [1.165, 1.54) is 25.3 Å². The molecule has 0 radical (unpaired) electrons. The first-order valence-electron chi connectivity index (χ1n) is 5.44.